The van der Waals surface area contributed by atoms with Gasteiger partial charge in [0.2, 0.25) is 0 Å². The van der Waals surface area contributed by atoms with Crippen LogP contribution < -0.4 is 26.4 Å². The third-order valence-electron chi connectivity index (χ3n) is 6.64. The predicted octanol–water partition coefficient (Wildman–Crippen LogP) is 4.90. The topological polar surface area (TPSA) is 119 Å². The normalized spacial score (nSPS) is 15.1. The van der Waals surface area contributed by atoms with Crippen molar-refractivity contribution in [1.82, 2.24) is 9.97 Å². The van der Waals surface area contributed by atoms with Crippen LogP contribution in [-0.4, -0.2) is 35.0 Å². The lowest BCUT2D eigenvalue weighted by Gasteiger charge is -2.33. The van der Waals surface area contributed by atoms with Crippen LogP contribution in [-0.2, 0) is 6.61 Å². The molecule has 5 N–H and O–H groups in total. The minimum atomic E-state index is -1.05. The molecular formula is C29H27F3N6O2. The quantitative estimate of drug-likeness (QED) is 0.301. The average molecular weight is 549 g/mol. The van der Waals surface area contributed by atoms with Gasteiger partial charge in [-0.25, -0.2) is 18.2 Å². The molecule has 1 aliphatic heterocycles. The predicted molar refractivity (Wildman–Crippen MR) is 146 cm³/mol. The van der Waals surface area contributed by atoms with Crippen LogP contribution in [0.2, 0.25) is 0 Å². The lowest BCUT2D eigenvalue weighted by atomic mass is 10.1. The largest absolute Gasteiger partial charge is 0.486 e. The molecule has 5 rings (SSSR count). The molecule has 1 atom stereocenters. The molecule has 2 aromatic heterocycles. The Balaban J connectivity index is 1.41. The fraction of sp³-hybridized carbons (Fsp3) is 0.207. The third kappa shape index (κ3) is 5.69. The zero-order valence-electron chi connectivity index (χ0n) is 21.4. The van der Waals surface area contributed by atoms with Crippen LogP contribution in [0.4, 0.5) is 30.2 Å². The number of pyridine rings is 2. The molecule has 2 aromatic carbocycles. The third-order valence-corrected chi connectivity index (χ3v) is 6.64. The molecule has 0 spiro atoms. The van der Waals surface area contributed by atoms with Crippen molar-refractivity contribution in [1.29, 1.82) is 0 Å². The summed E-state index contributed by atoms with van der Waals surface area (Å²) in [5, 5.41) is 2.77. The first-order chi connectivity index (χ1) is 19.3. The molecule has 3 heterocycles. The van der Waals surface area contributed by atoms with Gasteiger partial charge >= 0.3 is 0 Å². The van der Waals surface area contributed by atoms with Crippen molar-refractivity contribution in [3.8, 4) is 17.0 Å². The highest BCUT2D eigenvalue weighted by atomic mass is 19.1. The van der Waals surface area contributed by atoms with E-state index in [9.17, 15) is 13.6 Å². The summed E-state index contributed by atoms with van der Waals surface area (Å²) < 4.78 is 49.7. The van der Waals surface area contributed by atoms with Gasteiger partial charge in [0.1, 0.15) is 18.2 Å². The Bertz CT molecular complexity index is 1550. The number of nitrogens with zero attached hydrogens (tertiary/aromatic N) is 3. The van der Waals surface area contributed by atoms with Crippen LogP contribution >= 0.6 is 0 Å². The molecule has 0 saturated carbocycles. The van der Waals surface area contributed by atoms with Crippen LogP contribution in [0.15, 0.2) is 67.0 Å². The van der Waals surface area contributed by atoms with Gasteiger partial charge in [0.25, 0.3) is 5.91 Å². The summed E-state index contributed by atoms with van der Waals surface area (Å²) in [5.74, 6) is -3.46. The number of ether oxygens (including phenoxy) is 1. The fourth-order valence-electron chi connectivity index (χ4n) is 4.61. The molecule has 0 radical (unpaired) electrons. The number of halogens is 3. The zero-order valence-corrected chi connectivity index (χ0v) is 21.4. The monoisotopic (exact) mass is 548 g/mol. The van der Waals surface area contributed by atoms with Crippen molar-refractivity contribution in [3.05, 3.63) is 95.7 Å². The van der Waals surface area contributed by atoms with Gasteiger partial charge < -0.3 is 26.4 Å². The summed E-state index contributed by atoms with van der Waals surface area (Å²) in [4.78, 5) is 23.7. The van der Waals surface area contributed by atoms with Gasteiger partial charge in [-0.1, -0.05) is 18.2 Å². The minimum absolute atomic E-state index is 0.00992. The Morgan fingerprint density at radius 3 is 2.70 bits per heavy atom. The van der Waals surface area contributed by atoms with Crippen molar-refractivity contribution in [3.63, 3.8) is 0 Å². The van der Waals surface area contributed by atoms with Crippen LogP contribution in [0.5, 0.6) is 5.75 Å². The van der Waals surface area contributed by atoms with Gasteiger partial charge in [-0.15, -0.1) is 0 Å². The smallest absolute Gasteiger partial charge is 0.276 e. The molecule has 206 valence electrons. The Kier molecular flexibility index (Phi) is 7.83. The average Bonchev–Trinajstić information content (AvgIpc) is 2.94. The lowest BCUT2D eigenvalue weighted by Crippen LogP contribution is -2.43. The summed E-state index contributed by atoms with van der Waals surface area (Å²) in [6.07, 6.45) is 4.95. The van der Waals surface area contributed by atoms with E-state index in [0.717, 1.165) is 37.2 Å². The highest BCUT2D eigenvalue weighted by molar-refractivity contribution is 6.08. The van der Waals surface area contributed by atoms with Gasteiger partial charge in [0, 0.05) is 30.9 Å². The number of anilines is 3. The molecule has 40 heavy (non-hydrogen) atoms. The van der Waals surface area contributed by atoms with Crippen molar-refractivity contribution in [2.45, 2.75) is 25.5 Å². The van der Waals surface area contributed by atoms with E-state index in [1.165, 1.54) is 36.5 Å². The summed E-state index contributed by atoms with van der Waals surface area (Å²) in [6, 6.07) is 12.4. The molecule has 4 aromatic rings. The van der Waals surface area contributed by atoms with E-state index >= 15 is 4.39 Å². The van der Waals surface area contributed by atoms with E-state index in [2.05, 4.69) is 20.2 Å². The molecule has 0 bridgehead atoms. The van der Waals surface area contributed by atoms with E-state index in [-0.39, 0.29) is 41.0 Å². The lowest BCUT2D eigenvalue weighted by molar-refractivity contribution is 0.102. The van der Waals surface area contributed by atoms with Crippen molar-refractivity contribution < 1.29 is 22.7 Å². The van der Waals surface area contributed by atoms with Gasteiger partial charge in [-0.05, 0) is 49.2 Å². The van der Waals surface area contributed by atoms with Crippen molar-refractivity contribution in [2.24, 2.45) is 5.73 Å². The van der Waals surface area contributed by atoms with Crippen LogP contribution in [0, 0.1) is 17.5 Å². The van der Waals surface area contributed by atoms with Gasteiger partial charge in [0.15, 0.2) is 17.3 Å². The molecule has 0 aliphatic carbocycles. The molecule has 8 nitrogen and oxygen atoms in total. The molecular weight excluding hydrogens is 521 g/mol. The van der Waals surface area contributed by atoms with Gasteiger partial charge in [-0.2, -0.15) is 0 Å². The number of piperidine rings is 1. The summed E-state index contributed by atoms with van der Waals surface area (Å²) in [6.45, 7) is 1.12. The molecule has 1 saturated heterocycles. The first-order valence-electron chi connectivity index (χ1n) is 12.7. The number of nitrogens with one attached hydrogen (secondary N) is 1. The number of aromatic nitrogens is 2. The Hall–Kier alpha value is -4.64. The second-order valence-electron chi connectivity index (χ2n) is 9.44. The molecule has 0 unspecified atom stereocenters. The SMILES string of the molecule is Nc1ccc(-c2c(F)ccc(OCc3ccccc3F)c2F)nc1C(=O)Nc1cnccc1N1CCC[C@H](N)C1. The molecule has 11 heteroatoms. The highest BCUT2D eigenvalue weighted by Gasteiger charge is 2.23. The number of carbonyl (C=O) groups is 1. The van der Waals surface area contributed by atoms with E-state index in [1.54, 1.807) is 18.3 Å². The summed E-state index contributed by atoms with van der Waals surface area (Å²) in [7, 11) is 0. The van der Waals surface area contributed by atoms with Gasteiger partial charge in [-0.3, -0.25) is 9.78 Å². The number of nitrogen functional groups attached to an aromatic ring is 1. The molecule has 1 aliphatic rings. The van der Waals surface area contributed by atoms with Gasteiger partial charge in [0.05, 0.1) is 34.5 Å². The number of amides is 1. The first kappa shape index (κ1) is 26.9. The number of hydrogen-bond acceptors (Lipinski definition) is 7. The minimum Gasteiger partial charge on any atom is -0.486 e. The fourth-order valence-corrected chi connectivity index (χ4v) is 4.61. The van der Waals surface area contributed by atoms with Crippen LogP contribution in [0.25, 0.3) is 11.3 Å². The maximum atomic E-state index is 15.4. The second-order valence-corrected chi connectivity index (χ2v) is 9.44. The maximum absolute atomic E-state index is 15.4. The number of nitrogens with two attached hydrogens (primary N) is 2. The number of benzene rings is 2. The van der Waals surface area contributed by atoms with E-state index in [4.69, 9.17) is 16.2 Å². The number of rotatable bonds is 7. The number of carbonyl (C=O) groups excluding carboxylic acids is 1. The highest BCUT2D eigenvalue weighted by Crippen LogP contribution is 2.33. The standard InChI is InChI=1S/C29H27F3N6O2/c30-19-6-2-1-4-17(19)16-40-25-10-7-20(31)26(27(25)32)22-9-8-21(34)28(36-22)29(39)37-23-14-35-12-11-24(23)38-13-3-5-18(33)15-38/h1-2,4,6-12,14,18H,3,5,13,15-16,33-34H2,(H,37,39)/t18-/m0/s1. The van der Waals surface area contributed by atoms with Crippen molar-refractivity contribution >= 4 is 23.0 Å². The second kappa shape index (κ2) is 11.6. The Morgan fingerprint density at radius 1 is 1.07 bits per heavy atom. The van der Waals surface area contributed by atoms with Crippen molar-refractivity contribution in [2.75, 3.05) is 29.0 Å². The Morgan fingerprint density at radius 2 is 1.90 bits per heavy atom. The number of hydrogen-bond donors (Lipinski definition) is 3. The zero-order chi connectivity index (χ0) is 28.2. The summed E-state index contributed by atoms with van der Waals surface area (Å²) >= 11 is 0. The molecule has 1 fully saturated rings. The molecule has 1 amide bonds. The maximum Gasteiger partial charge on any atom is 0.276 e. The summed E-state index contributed by atoms with van der Waals surface area (Å²) in [5.41, 5.74) is 12.7. The van der Waals surface area contributed by atoms with E-state index in [0.29, 0.717) is 12.2 Å². The van der Waals surface area contributed by atoms with E-state index in [1.807, 2.05) is 0 Å². The Labute approximate surface area is 228 Å². The van der Waals surface area contributed by atoms with Crippen LogP contribution in [0.3, 0.4) is 0 Å². The van der Waals surface area contributed by atoms with E-state index < -0.39 is 28.9 Å². The first-order valence-corrected chi connectivity index (χ1v) is 12.7. The van der Waals surface area contributed by atoms with Crippen LogP contribution in [0.1, 0.15) is 28.9 Å².